The molecular weight excluding hydrogens is 164 g/mol. The number of hydrogen-bond acceptors (Lipinski definition) is 1. The third kappa shape index (κ3) is 3.25. The van der Waals surface area contributed by atoms with Crippen LogP contribution in [0.1, 0.15) is 10.4 Å². The second-order valence-corrected chi connectivity index (χ2v) is 3.82. The van der Waals surface area contributed by atoms with E-state index in [-0.39, 0.29) is 5.91 Å². The second-order valence-electron chi connectivity index (χ2n) is 3.82. The van der Waals surface area contributed by atoms with Gasteiger partial charge < -0.3 is 0 Å². The molecule has 3 heteroatoms. The zero-order chi connectivity index (χ0) is 9.90. The Morgan fingerprint density at radius 1 is 1.15 bits per heavy atom. The van der Waals surface area contributed by atoms with Crippen molar-refractivity contribution < 1.29 is 9.39 Å². The first-order chi connectivity index (χ1) is 5.99. The van der Waals surface area contributed by atoms with Crippen molar-refractivity contribution in [2.75, 3.05) is 21.1 Å². The van der Waals surface area contributed by atoms with E-state index in [4.69, 9.17) is 0 Å². The van der Waals surface area contributed by atoms with Crippen molar-refractivity contribution in [2.45, 2.75) is 0 Å². The van der Waals surface area contributed by atoms with Gasteiger partial charge >= 0.3 is 0 Å². The molecule has 0 aromatic heterocycles. The van der Waals surface area contributed by atoms with E-state index in [1.165, 1.54) is 0 Å². The first-order valence-corrected chi connectivity index (χ1v) is 4.18. The van der Waals surface area contributed by atoms with Gasteiger partial charge in [0.2, 0.25) is 0 Å². The van der Waals surface area contributed by atoms with Crippen LogP contribution in [0.15, 0.2) is 30.3 Å². The van der Waals surface area contributed by atoms with E-state index in [1.54, 1.807) is 12.1 Å². The quantitative estimate of drug-likeness (QED) is 0.533. The van der Waals surface area contributed by atoms with Crippen molar-refractivity contribution in [2.24, 2.45) is 0 Å². The summed E-state index contributed by atoms with van der Waals surface area (Å²) in [6, 6.07) is 9.19. The monoisotopic (exact) mass is 179 g/mol. The lowest BCUT2D eigenvalue weighted by Crippen LogP contribution is -2.51. The van der Waals surface area contributed by atoms with Crippen LogP contribution in [0.25, 0.3) is 0 Å². The Labute approximate surface area is 78.5 Å². The maximum absolute atomic E-state index is 11.5. The summed E-state index contributed by atoms with van der Waals surface area (Å²) in [4.78, 5) is 11.5. The third-order valence-electron chi connectivity index (χ3n) is 1.47. The van der Waals surface area contributed by atoms with Crippen LogP contribution in [0.2, 0.25) is 0 Å². The molecule has 0 radical (unpaired) electrons. The highest BCUT2D eigenvalue weighted by molar-refractivity contribution is 5.93. The van der Waals surface area contributed by atoms with E-state index in [9.17, 15) is 4.79 Å². The summed E-state index contributed by atoms with van der Waals surface area (Å²) in [6.45, 7) is 0. The van der Waals surface area contributed by atoms with E-state index in [1.807, 2.05) is 39.3 Å². The first kappa shape index (κ1) is 9.74. The minimum Gasteiger partial charge on any atom is -0.264 e. The molecule has 0 aliphatic carbocycles. The molecule has 0 bridgehead atoms. The molecule has 0 saturated heterocycles. The molecule has 0 aliphatic heterocycles. The van der Waals surface area contributed by atoms with Crippen LogP contribution >= 0.6 is 0 Å². The Bertz CT molecular complexity index is 288. The Kier molecular flexibility index (Phi) is 2.68. The van der Waals surface area contributed by atoms with Gasteiger partial charge in [0.15, 0.2) is 0 Å². The SMILES string of the molecule is C[N+](C)(C)NC(=O)c1ccccc1. The first-order valence-electron chi connectivity index (χ1n) is 4.18. The van der Waals surface area contributed by atoms with Gasteiger partial charge in [-0.1, -0.05) is 18.2 Å². The van der Waals surface area contributed by atoms with Crippen molar-refractivity contribution >= 4 is 5.91 Å². The van der Waals surface area contributed by atoms with E-state index in [0.717, 1.165) is 0 Å². The van der Waals surface area contributed by atoms with Gasteiger partial charge in [-0.05, 0) is 12.1 Å². The summed E-state index contributed by atoms with van der Waals surface area (Å²) >= 11 is 0. The van der Waals surface area contributed by atoms with E-state index in [2.05, 4.69) is 5.43 Å². The van der Waals surface area contributed by atoms with Crippen molar-refractivity contribution in [3.05, 3.63) is 35.9 Å². The van der Waals surface area contributed by atoms with E-state index < -0.39 is 0 Å². The predicted octanol–water partition coefficient (Wildman–Crippen LogP) is 1.04. The highest BCUT2D eigenvalue weighted by atomic mass is 16.2. The number of nitrogens with zero attached hydrogens (tertiary/aromatic N) is 1. The van der Waals surface area contributed by atoms with Crippen molar-refractivity contribution in [3.8, 4) is 0 Å². The molecule has 0 saturated carbocycles. The van der Waals surface area contributed by atoms with Crippen LogP contribution in [-0.2, 0) is 0 Å². The molecule has 3 nitrogen and oxygen atoms in total. The van der Waals surface area contributed by atoms with E-state index >= 15 is 0 Å². The average Bonchev–Trinajstić information content (AvgIpc) is 2.03. The summed E-state index contributed by atoms with van der Waals surface area (Å²) < 4.78 is 0.424. The lowest BCUT2D eigenvalue weighted by Gasteiger charge is -2.23. The predicted molar refractivity (Wildman–Crippen MR) is 51.9 cm³/mol. The maximum Gasteiger partial charge on any atom is 0.295 e. The Balaban J connectivity index is 2.71. The third-order valence-corrected chi connectivity index (χ3v) is 1.47. The molecule has 0 spiro atoms. The summed E-state index contributed by atoms with van der Waals surface area (Å²) in [5.74, 6) is -0.0481. The number of carbonyl (C=O) groups is 1. The van der Waals surface area contributed by atoms with Gasteiger partial charge in [0.25, 0.3) is 5.91 Å². The Hall–Kier alpha value is -1.35. The number of amides is 1. The highest BCUT2D eigenvalue weighted by Crippen LogP contribution is 1.98. The second kappa shape index (κ2) is 3.58. The number of carbonyl (C=O) groups excluding carboxylic acids is 1. The van der Waals surface area contributed by atoms with Crippen molar-refractivity contribution in [1.82, 2.24) is 5.43 Å². The van der Waals surface area contributed by atoms with Gasteiger partial charge in [-0.3, -0.25) is 4.79 Å². The number of rotatable bonds is 2. The lowest BCUT2D eigenvalue weighted by atomic mass is 10.2. The maximum atomic E-state index is 11.5. The molecule has 1 aromatic rings. The molecule has 1 rings (SSSR count). The number of benzene rings is 1. The summed E-state index contributed by atoms with van der Waals surface area (Å²) in [7, 11) is 5.71. The van der Waals surface area contributed by atoms with Gasteiger partial charge in [-0.15, -0.1) is 0 Å². The fourth-order valence-corrected chi connectivity index (χ4v) is 0.959. The van der Waals surface area contributed by atoms with Crippen LogP contribution < -0.4 is 5.43 Å². The summed E-state index contributed by atoms with van der Waals surface area (Å²) in [6.07, 6.45) is 0. The summed E-state index contributed by atoms with van der Waals surface area (Å²) in [5, 5.41) is 0. The molecule has 1 N–H and O–H groups in total. The van der Waals surface area contributed by atoms with Gasteiger partial charge in [0.1, 0.15) is 0 Å². The lowest BCUT2D eigenvalue weighted by molar-refractivity contribution is -0.905. The van der Waals surface area contributed by atoms with Crippen molar-refractivity contribution in [1.29, 1.82) is 0 Å². The van der Waals surface area contributed by atoms with Gasteiger partial charge in [-0.25, -0.2) is 4.59 Å². The zero-order valence-electron chi connectivity index (χ0n) is 8.24. The molecule has 70 valence electrons. The molecule has 13 heavy (non-hydrogen) atoms. The Morgan fingerprint density at radius 2 is 1.69 bits per heavy atom. The molecule has 0 fully saturated rings. The molecule has 0 atom stereocenters. The smallest absolute Gasteiger partial charge is 0.264 e. The number of nitrogens with one attached hydrogen (secondary N) is 1. The van der Waals surface area contributed by atoms with Gasteiger partial charge in [-0.2, -0.15) is 5.43 Å². The van der Waals surface area contributed by atoms with Crippen LogP contribution in [0.3, 0.4) is 0 Å². The van der Waals surface area contributed by atoms with Gasteiger partial charge in [0, 0.05) is 5.56 Å². The molecular formula is C10H15N2O+. The normalized spacial score (nSPS) is 11.0. The molecule has 0 unspecified atom stereocenters. The van der Waals surface area contributed by atoms with Crippen LogP contribution in [0.4, 0.5) is 0 Å². The average molecular weight is 179 g/mol. The van der Waals surface area contributed by atoms with Crippen molar-refractivity contribution in [3.63, 3.8) is 0 Å². The minimum atomic E-state index is -0.0481. The summed E-state index contributed by atoms with van der Waals surface area (Å²) in [5.41, 5.74) is 3.52. The molecule has 0 heterocycles. The fourth-order valence-electron chi connectivity index (χ4n) is 0.959. The van der Waals surface area contributed by atoms with E-state index in [0.29, 0.717) is 10.2 Å². The largest absolute Gasteiger partial charge is 0.295 e. The standard InChI is InChI=1S/C10H14N2O/c1-12(2,3)11-10(13)9-7-5-4-6-8-9/h4-8H,1-3H3/p+1. The zero-order valence-corrected chi connectivity index (χ0v) is 8.24. The topological polar surface area (TPSA) is 29.1 Å². The minimum absolute atomic E-state index is 0.0481. The van der Waals surface area contributed by atoms with Crippen LogP contribution in [0, 0.1) is 0 Å². The molecule has 0 aliphatic rings. The number of quaternary nitrogens is 1. The highest BCUT2D eigenvalue weighted by Gasteiger charge is 2.13. The Morgan fingerprint density at radius 3 is 2.15 bits per heavy atom. The van der Waals surface area contributed by atoms with Crippen LogP contribution in [-0.4, -0.2) is 31.6 Å². The van der Waals surface area contributed by atoms with Gasteiger partial charge in [0.05, 0.1) is 21.1 Å². The molecule has 1 amide bonds. The molecule has 1 aromatic carbocycles. The fraction of sp³-hybridized carbons (Fsp3) is 0.300. The van der Waals surface area contributed by atoms with Crippen LogP contribution in [0.5, 0.6) is 0 Å². The number of hydrogen-bond donors (Lipinski definition) is 1.